The van der Waals surface area contributed by atoms with Crippen molar-refractivity contribution in [3.8, 4) is 5.75 Å². The van der Waals surface area contributed by atoms with E-state index in [4.69, 9.17) is 9.15 Å². The SMILES string of the molecule is COc1ccccc1C1CN(Cc2ccco2)CC1CN(CC(C)C)C(=O)c1ccc(F)cc1. The standard InChI is InChI=1S/C28H33FN2O3/c1-20(2)15-31(28(32)21-10-12-23(29)13-11-21)17-22-16-30(18-24-7-6-14-34-24)19-26(22)25-8-4-5-9-27(25)33-3/h4-14,20,22,26H,15-19H2,1-3H3. The maximum Gasteiger partial charge on any atom is 0.253 e. The lowest BCUT2D eigenvalue weighted by atomic mass is 9.87. The van der Waals surface area contributed by atoms with E-state index >= 15 is 0 Å². The number of nitrogens with zero attached hydrogens (tertiary/aromatic N) is 2. The highest BCUT2D eigenvalue weighted by Crippen LogP contribution is 2.38. The van der Waals surface area contributed by atoms with Gasteiger partial charge in [-0.15, -0.1) is 0 Å². The molecule has 0 spiro atoms. The third kappa shape index (κ3) is 5.68. The lowest BCUT2D eigenvalue weighted by molar-refractivity contribution is 0.0702. The summed E-state index contributed by atoms with van der Waals surface area (Å²) in [5, 5.41) is 0. The predicted octanol–water partition coefficient (Wildman–Crippen LogP) is 5.44. The third-order valence-corrected chi connectivity index (χ3v) is 6.43. The molecule has 6 heteroatoms. The molecule has 1 aromatic heterocycles. The van der Waals surface area contributed by atoms with Crippen molar-refractivity contribution in [2.45, 2.75) is 26.3 Å². The Hall–Kier alpha value is -3.12. The summed E-state index contributed by atoms with van der Waals surface area (Å²) in [6.07, 6.45) is 1.70. The molecule has 0 saturated carbocycles. The molecule has 0 aliphatic carbocycles. The molecule has 1 fully saturated rings. The Morgan fingerprint density at radius 3 is 2.56 bits per heavy atom. The zero-order chi connectivity index (χ0) is 24.1. The van der Waals surface area contributed by atoms with Gasteiger partial charge in [0.2, 0.25) is 0 Å². The number of carbonyl (C=O) groups excluding carboxylic acids is 1. The molecule has 1 saturated heterocycles. The van der Waals surface area contributed by atoms with E-state index in [2.05, 4.69) is 24.8 Å². The van der Waals surface area contributed by atoms with Crippen molar-refractivity contribution in [2.75, 3.05) is 33.3 Å². The van der Waals surface area contributed by atoms with Gasteiger partial charge in [0.25, 0.3) is 5.91 Å². The molecule has 0 radical (unpaired) electrons. The summed E-state index contributed by atoms with van der Waals surface area (Å²) in [6, 6.07) is 17.9. The van der Waals surface area contributed by atoms with Crippen LogP contribution in [0.15, 0.2) is 71.3 Å². The van der Waals surface area contributed by atoms with E-state index in [0.29, 0.717) is 24.6 Å². The van der Waals surface area contributed by atoms with Crippen molar-refractivity contribution in [3.05, 3.63) is 89.6 Å². The number of hydrogen-bond donors (Lipinski definition) is 0. The number of methoxy groups -OCH3 is 1. The molecular formula is C28H33FN2O3. The van der Waals surface area contributed by atoms with Gasteiger partial charge in [-0.05, 0) is 59.9 Å². The first kappa shape index (κ1) is 24.0. The topological polar surface area (TPSA) is 45.9 Å². The van der Waals surface area contributed by atoms with Crippen LogP contribution in [0.5, 0.6) is 5.75 Å². The fourth-order valence-electron chi connectivity index (χ4n) is 4.96. The number of furan rings is 1. The fraction of sp³-hybridized carbons (Fsp3) is 0.393. The number of likely N-dealkylation sites (tertiary alicyclic amines) is 1. The van der Waals surface area contributed by atoms with Gasteiger partial charge in [0, 0.05) is 37.7 Å². The van der Waals surface area contributed by atoms with E-state index in [-0.39, 0.29) is 23.6 Å². The monoisotopic (exact) mass is 464 g/mol. The van der Waals surface area contributed by atoms with E-state index in [1.807, 2.05) is 35.2 Å². The predicted molar refractivity (Wildman–Crippen MR) is 130 cm³/mol. The quantitative estimate of drug-likeness (QED) is 0.423. The van der Waals surface area contributed by atoms with Crippen molar-refractivity contribution in [1.29, 1.82) is 0 Å². The number of para-hydroxylation sites is 1. The van der Waals surface area contributed by atoms with Crippen LogP contribution in [0.1, 0.15) is 41.4 Å². The summed E-state index contributed by atoms with van der Waals surface area (Å²) >= 11 is 0. The molecule has 0 bridgehead atoms. The first-order valence-corrected chi connectivity index (χ1v) is 11.9. The van der Waals surface area contributed by atoms with Gasteiger partial charge >= 0.3 is 0 Å². The van der Waals surface area contributed by atoms with Gasteiger partial charge in [-0.25, -0.2) is 4.39 Å². The molecule has 0 N–H and O–H groups in total. The molecule has 2 heterocycles. The number of halogens is 1. The first-order chi connectivity index (χ1) is 16.4. The Kier molecular flexibility index (Phi) is 7.68. The second-order valence-corrected chi connectivity index (χ2v) is 9.49. The second kappa shape index (κ2) is 10.9. The Morgan fingerprint density at radius 2 is 1.88 bits per heavy atom. The minimum absolute atomic E-state index is 0.0584. The van der Waals surface area contributed by atoms with Crippen LogP contribution in [-0.4, -0.2) is 49.0 Å². The smallest absolute Gasteiger partial charge is 0.253 e. The maximum absolute atomic E-state index is 13.4. The third-order valence-electron chi connectivity index (χ3n) is 6.43. The zero-order valence-electron chi connectivity index (χ0n) is 20.1. The van der Waals surface area contributed by atoms with Gasteiger partial charge in [0.15, 0.2) is 0 Å². The van der Waals surface area contributed by atoms with Crippen molar-refractivity contribution >= 4 is 5.91 Å². The summed E-state index contributed by atoms with van der Waals surface area (Å²) in [5.74, 6) is 2.15. The minimum atomic E-state index is -0.340. The molecule has 1 aliphatic rings. The summed E-state index contributed by atoms with van der Waals surface area (Å²) in [4.78, 5) is 17.8. The van der Waals surface area contributed by atoms with E-state index < -0.39 is 0 Å². The van der Waals surface area contributed by atoms with Gasteiger partial charge in [0.05, 0.1) is 19.9 Å². The van der Waals surface area contributed by atoms with Crippen LogP contribution in [0.25, 0.3) is 0 Å². The van der Waals surface area contributed by atoms with Crippen molar-refractivity contribution in [3.63, 3.8) is 0 Å². The highest BCUT2D eigenvalue weighted by molar-refractivity contribution is 5.94. The molecule has 2 atom stereocenters. The van der Waals surface area contributed by atoms with Crippen LogP contribution in [0, 0.1) is 17.7 Å². The molecule has 2 unspecified atom stereocenters. The lowest BCUT2D eigenvalue weighted by Gasteiger charge is -2.30. The Bertz CT molecular complexity index is 1070. The molecule has 2 aromatic carbocycles. The van der Waals surface area contributed by atoms with E-state index in [0.717, 1.165) is 36.7 Å². The van der Waals surface area contributed by atoms with Crippen LogP contribution in [0.2, 0.25) is 0 Å². The lowest BCUT2D eigenvalue weighted by Crippen LogP contribution is -2.39. The summed E-state index contributed by atoms with van der Waals surface area (Å²) in [6.45, 7) is 7.91. The molecule has 4 rings (SSSR count). The molecule has 5 nitrogen and oxygen atoms in total. The summed E-state index contributed by atoms with van der Waals surface area (Å²) < 4.78 is 24.7. The van der Waals surface area contributed by atoms with Crippen LogP contribution in [-0.2, 0) is 6.54 Å². The van der Waals surface area contributed by atoms with Crippen LogP contribution in [0.3, 0.4) is 0 Å². The number of hydrogen-bond acceptors (Lipinski definition) is 4. The Morgan fingerprint density at radius 1 is 1.12 bits per heavy atom. The normalized spacial score (nSPS) is 18.4. The molecular weight excluding hydrogens is 431 g/mol. The molecule has 180 valence electrons. The van der Waals surface area contributed by atoms with Crippen molar-refractivity contribution in [2.24, 2.45) is 11.8 Å². The maximum atomic E-state index is 13.4. The number of amides is 1. The summed E-state index contributed by atoms with van der Waals surface area (Å²) in [5.41, 5.74) is 1.68. The van der Waals surface area contributed by atoms with Gasteiger partial charge in [-0.2, -0.15) is 0 Å². The molecule has 1 aliphatic heterocycles. The summed E-state index contributed by atoms with van der Waals surface area (Å²) in [7, 11) is 1.70. The van der Waals surface area contributed by atoms with Crippen LogP contribution in [0.4, 0.5) is 4.39 Å². The van der Waals surface area contributed by atoms with Gasteiger partial charge < -0.3 is 14.1 Å². The van der Waals surface area contributed by atoms with Gasteiger partial charge in [0.1, 0.15) is 17.3 Å². The first-order valence-electron chi connectivity index (χ1n) is 11.9. The Balaban J connectivity index is 1.60. The number of carbonyl (C=O) groups is 1. The van der Waals surface area contributed by atoms with Crippen LogP contribution >= 0.6 is 0 Å². The largest absolute Gasteiger partial charge is 0.496 e. The average Bonchev–Trinajstić information content (AvgIpc) is 3.48. The Labute approximate surface area is 201 Å². The zero-order valence-corrected chi connectivity index (χ0v) is 20.1. The van der Waals surface area contributed by atoms with Crippen molar-refractivity contribution < 1.29 is 18.3 Å². The van der Waals surface area contributed by atoms with Crippen molar-refractivity contribution in [1.82, 2.24) is 9.80 Å². The molecule has 3 aromatic rings. The minimum Gasteiger partial charge on any atom is -0.496 e. The van der Waals surface area contributed by atoms with E-state index in [1.54, 1.807) is 25.5 Å². The number of ether oxygens (including phenoxy) is 1. The molecule has 34 heavy (non-hydrogen) atoms. The highest BCUT2D eigenvalue weighted by atomic mass is 19.1. The highest BCUT2D eigenvalue weighted by Gasteiger charge is 2.37. The molecule has 1 amide bonds. The number of benzene rings is 2. The van der Waals surface area contributed by atoms with Gasteiger partial charge in [-0.1, -0.05) is 32.0 Å². The van der Waals surface area contributed by atoms with Crippen LogP contribution < -0.4 is 4.74 Å². The second-order valence-electron chi connectivity index (χ2n) is 9.49. The number of rotatable bonds is 9. The van der Waals surface area contributed by atoms with E-state index in [9.17, 15) is 9.18 Å². The van der Waals surface area contributed by atoms with Gasteiger partial charge in [-0.3, -0.25) is 9.69 Å². The fourth-order valence-corrected chi connectivity index (χ4v) is 4.96. The van der Waals surface area contributed by atoms with E-state index in [1.165, 1.54) is 12.1 Å². The average molecular weight is 465 g/mol.